The van der Waals surface area contributed by atoms with Gasteiger partial charge in [0.1, 0.15) is 11.6 Å². The van der Waals surface area contributed by atoms with Crippen LogP contribution in [0.5, 0.6) is 0 Å². The first kappa shape index (κ1) is 15.1. The summed E-state index contributed by atoms with van der Waals surface area (Å²) in [6, 6.07) is 0. The van der Waals surface area contributed by atoms with Crippen LogP contribution in [-0.2, 0) is 9.59 Å². The van der Waals surface area contributed by atoms with E-state index in [9.17, 15) is 9.59 Å². The Balaban J connectivity index is 0.000000280. The lowest BCUT2D eigenvalue weighted by atomic mass is 9.59. The van der Waals surface area contributed by atoms with Gasteiger partial charge in [-0.05, 0) is 37.5 Å². The molecular weight excluding hydrogens is 224 g/mol. The lowest BCUT2D eigenvalue weighted by molar-refractivity contribution is -0.133. The zero-order chi connectivity index (χ0) is 14.1. The Morgan fingerprint density at radius 3 is 1.78 bits per heavy atom. The molecule has 0 N–H and O–H groups in total. The lowest BCUT2D eigenvalue weighted by Gasteiger charge is -2.43. The third-order valence-electron chi connectivity index (χ3n) is 5.32. The molecule has 18 heavy (non-hydrogen) atoms. The van der Waals surface area contributed by atoms with Crippen molar-refractivity contribution in [2.75, 3.05) is 0 Å². The van der Waals surface area contributed by atoms with Crippen molar-refractivity contribution in [3.8, 4) is 0 Å². The molecule has 2 aliphatic carbocycles. The van der Waals surface area contributed by atoms with E-state index in [1.807, 2.05) is 6.92 Å². The van der Waals surface area contributed by atoms with Crippen LogP contribution in [0.15, 0.2) is 12.2 Å². The van der Waals surface area contributed by atoms with Crippen molar-refractivity contribution in [2.45, 2.75) is 54.4 Å². The van der Waals surface area contributed by atoms with E-state index in [4.69, 9.17) is 0 Å². The highest BCUT2D eigenvalue weighted by Crippen LogP contribution is 2.63. The average molecular weight is 250 g/mol. The van der Waals surface area contributed by atoms with E-state index in [0.717, 1.165) is 0 Å². The van der Waals surface area contributed by atoms with Crippen molar-refractivity contribution in [3.05, 3.63) is 12.2 Å². The van der Waals surface area contributed by atoms with Crippen LogP contribution in [0.1, 0.15) is 54.4 Å². The monoisotopic (exact) mass is 250 g/mol. The summed E-state index contributed by atoms with van der Waals surface area (Å²) in [5, 5.41) is 0. The number of carbonyl (C=O) groups is 2. The summed E-state index contributed by atoms with van der Waals surface area (Å²) in [5.74, 6) is 1.72. The van der Waals surface area contributed by atoms with E-state index in [1.165, 1.54) is 6.42 Å². The largest absolute Gasteiger partial charge is 0.300 e. The molecule has 2 aliphatic rings. The van der Waals surface area contributed by atoms with Gasteiger partial charge < -0.3 is 4.79 Å². The zero-order valence-electron chi connectivity index (χ0n) is 12.5. The third kappa shape index (κ3) is 2.17. The minimum absolute atomic E-state index is 0.119. The van der Waals surface area contributed by atoms with Gasteiger partial charge in [0.2, 0.25) is 0 Å². The smallest absolute Gasteiger partial charge is 0.136 e. The maximum atomic E-state index is 11.7. The molecule has 2 bridgehead atoms. The van der Waals surface area contributed by atoms with Crippen molar-refractivity contribution in [3.63, 3.8) is 0 Å². The number of rotatable bonds is 2. The first-order valence-electron chi connectivity index (χ1n) is 6.86. The SMILES string of the molecule is CC(=O)C1(C)[C@@H]2C=C[C@@H](C2)C1(C)C.CCC(C)=O. The second-order valence-electron chi connectivity index (χ2n) is 6.37. The minimum Gasteiger partial charge on any atom is -0.300 e. The fourth-order valence-electron chi connectivity index (χ4n) is 3.24. The number of carbonyl (C=O) groups excluding carboxylic acids is 2. The van der Waals surface area contributed by atoms with E-state index in [0.29, 0.717) is 24.0 Å². The fourth-order valence-corrected chi connectivity index (χ4v) is 3.24. The van der Waals surface area contributed by atoms with Gasteiger partial charge in [-0.2, -0.15) is 0 Å². The van der Waals surface area contributed by atoms with Crippen LogP contribution in [-0.4, -0.2) is 11.6 Å². The van der Waals surface area contributed by atoms with Gasteiger partial charge in [-0.1, -0.05) is 39.8 Å². The van der Waals surface area contributed by atoms with Crippen LogP contribution in [0.3, 0.4) is 0 Å². The summed E-state index contributed by atoms with van der Waals surface area (Å²) in [5.41, 5.74) is 0.0324. The molecule has 0 aromatic carbocycles. The summed E-state index contributed by atoms with van der Waals surface area (Å²) in [6.45, 7) is 11.8. The number of fused-ring (bicyclic) bond motifs is 2. The molecule has 0 aromatic heterocycles. The second kappa shape index (κ2) is 4.99. The third-order valence-corrected chi connectivity index (χ3v) is 5.32. The Labute approximate surface area is 111 Å². The van der Waals surface area contributed by atoms with Gasteiger partial charge in [0.05, 0.1) is 0 Å². The minimum atomic E-state index is -0.119. The second-order valence-corrected chi connectivity index (χ2v) is 6.37. The molecule has 1 saturated carbocycles. The van der Waals surface area contributed by atoms with Gasteiger partial charge in [-0.3, -0.25) is 4.79 Å². The Hall–Kier alpha value is -0.920. The maximum Gasteiger partial charge on any atom is 0.136 e. The van der Waals surface area contributed by atoms with Crippen molar-refractivity contribution in [1.29, 1.82) is 0 Å². The Morgan fingerprint density at radius 1 is 1.11 bits per heavy atom. The zero-order valence-corrected chi connectivity index (χ0v) is 12.5. The highest BCUT2D eigenvalue weighted by atomic mass is 16.1. The van der Waals surface area contributed by atoms with Crippen LogP contribution in [0.25, 0.3) is 0 Å². The highest BCUT2D eigenvalue weighted by molar-refractivity contribution is 5.84. The van der Waals surface area contributed by atoms with Crippen LogP contribution >= 0.6 is 0 Å². The lowest BCUT2D eigenvalue weighted by Crippen LogP contribution is -2.44. The van der Waals surface area contributed by atoms with Gasteiger partial charge in [0.25, 0.3) is 0 Å². The standard InChI is InChI=1S/C12H18O.C4H8O/c1-8(13)12(4)10-6-5-9(7-10)11(12,2)3;1-3-4(2)5/h5-6,9-10H,7H2,1-4H3;3H2,1-2H3/t9-,10+,12?;/m0./s1. The number of Topliss-reactive ketones (excluding diaryl/α,β-unsaturated/α-hetero) is 2. The topological polar surface area (TPSA) is 34.1 Å². The quantitative estimate of drug-likeness (QED) is 0.699. The van der Waals surface area contributed by atoms with E-state index in [2.05, 4.69) is 32.9 Å². The normalized spacial score (nSPS) is 35.0. The molecule has 2 heteroatoms. The average Bonchev–Trinajstić information content (AvgIpc) is 2.83. The molecule has 2 nitrogen and oxygen atoms in total. The fraction of sp³-hybridized carbons (Fsp3) is 0.750. The Morgan fingerprint density at radius 2 is 1.56 bits per heavy atom. The summed E-state index contributed by atoms with van der Waals surface area (Å²) in [4.78, 5) is 21.6. The van der Waals surface area contributed by atoms with Gasteiger partial charge in [0, 0.05) is 11.8 Å². The molecule has 0 amide bonds. The summed E-state index contributed by atoms with van der Waals surface area (Å²) in [6.07, 6.45) is 6.40. The van der Waals surface area contributed by atoms with Crippen molar-refractivity contribution < 1.29 is 9.59 Å². The molecule has 1 unspecified atom stereocenters. The molecule has 0 heterocycles. The van der Waals surface area contributed by atoms with Crippen LogP contribution < -0.4 is 0 Å². The molecule has 0 aromatic rings. The number of allylic oxidation sites excluding steroid dienone is 2. The molecule has 0 aliphatic heterocycles. The molecule has 0 radical (unpaired) electrons. The molecule has 102 valence electrons. The first-order chi connectivity index (χ1) is 8.17. The van der Waals surface area contributed by atoms with Gasteiger partial charge in [-0.25, -0.2) is 0 Å². The summed E-state index contributed by atoms with van der Waals surface area (Å²) < 4.78 is 0. The van der Waals surface area contributed by atoms with E-state index in [-0.39, 0.29) is 16.6 Å². The van der Waals surface area contributed by atoms with Crippen molar-refractivity contribution >= 4 is 11.6 Å². The Kier molecular flexibility index (Phi) is 4.19. The van der Waals surface area contributed by atoms with Crippen molar-refractivity contribution in [1.82, 2.24) is 0 Å². The predicted octanol–water partition coefficient (Wildman–Crippen LogP) is 3.80. The number of hydrogen-bond acceptors (Lipinski definition) is 2. The Bertz CT molecular complexity index is 379. The number of ketones is 2. The molecule has 1 fully saturated rings. The van der Waals surface area contributed by atoms with Crippen molar-refractivity contribution in [2.24, 2.45) is 22.7 Å². The first-order valence-corrected chi connectivity index (χ1v) is 6.86. The van der Waals surface area contributed by atoms with Gasteiger partial charge in [-0.15, -0.1) is 0 Å². The molecule has 0 spiro atoms. The predicted molar refractivity (Wildman–Crippen MR) is 74.3 cm³/mol. The van der Waals surface area contributed by atoms with E-state index < -0.39 is 0 Å². The van der Waals surface area contributed by atoms with E-state index in [1.54, 1.807) is 13.8 Å². The summed E-state index contributed by atoms with van der Waals surface area (Å²) in [7, 11) is 0. The molecule has 0 saturated heterocycles. The molecule has 2 rings (SSSR count). The van der Waals surface area contributed by atoms with Gasteiger partial charge >= 0.3 is 0 Å². The van der Waals surface area contributed by atoms with Gasteiger partial charge in [0.15, 0.2) is 0 Å². The van der Waals surface area contributed by atoms with E-state index >= 15 is 0 Å². The summed E-state index contributed by atoms with van der Waals surface area (Å²) >= 11 is 0. The molecule has 3 atom stereocenters. The maximum absolute atomic E-state index is 11.7. The molecular formula is C16H26O2. The van der Waals surface area contributed by atoms with Crippen LogP contribution in [0, 0.1) is 22.7 Å². The number of hydrogen-bond donors (Lipinski definition) is 0. The van der Waals surface area contributed by atoms with Crippen LogP contribution in [0.2, 0.25) is 0 Å². The highest BCUT2D eigenvalue weighted by Gasteiger charge is 2.60. The van der Waals surface area contributed by atoms with Crippen LogP contribution in [0.4, 0.5) is 0 Å².